The van der Waals surface area contributed by atoms with Gasteiger partial charge in [0.25, 0.3) is 0 Å². The zero-order valence-electron chi connectivity index (χ0n) is 12.1. The number of carboxylic acid groups (broad SMARTS) is 1. The first-order chi connectivity index (χ1) is 9.06. The zero-order valence-corrected chi connectivity index (χ0v) is 12.1. The molecule has 5 heteroatoms. The van der Waals surface area contributed by atoms with Crippen LogP contribution in [-0.4, -0.2) is 59.5 Å². The molecule has 0 aliphatic carbocycles. The van der Waals surface area contributed by atoms with Crippen molar-refractivity contribution in [2.45, 2.75) is 39.5 Å². The van der Waals surface area contributed by atoms with Crippen LogP contribution in [0.1, 0.15) is 39.5 Å². The third kappa shape index (κ3) is 5.59. The van der Waals surface area contributed by atoms with Crippen molar-refractivity contribution in [3.8, 4) is 0 Å². The lowest BCUT2D eigenvalue weighted by Gasteiger charge is -2.24. The number of amides is 1. The maximum atomic E-state index is 12.0. The standard InChI is InChI=1S/C14H26N2O3/c1-3-15-9-8-12(10-15)11-16(4-2)13(17)6-5-7-14(18)19/h12H,3-11H2,1-2H3,(H,18,19). The van der Waals surface area contributed by atoms with Crippen LogP contribution in [0.4, 0.5) is 0 Å². The van der Waals surface area contributed by atoms with Crippen LogP contribution in [0.15, 0.2) is 0 Å². The highest BCUT2D eigenvalue weighted by molar-refractivity contribution is 5.77. The number of carboxylic acids is 1. The van der Waals surface area contributed by atoms with E-state index in [2.05, 4.69) is 11.8 Å². The van der Waals surface area contributed by atoms with Gasteiger partial charge in [0.05, 0.1) is 0 Å². The Morgan fingerprint density at radius 1 is 1.32 bits per heavy atom. The second-order valence-electron chi connectivity index (χ2n) is 5.23. The van der Waals surface area contributed by atoms with Crippen LogP contribution < -0.4 is 0 Å². The average molecular weight is 270 g/mol. The Balaban J connectivity index is 2.32. The van der Waals surface area contributed by atoms with Gasteiger partial charge in [0, 0.05) is 32.5 Å². The molecule has 1 heterocycles. The first-order valence-corrected chi connectivity index (χ1v) is 7.28. The van der Waals surface area contributed by atoms with E-state index in [-0.39, 0.29) is 12.3 Å². The summed E-state index contributed by atoms with van der Waals surface area (Å²) in [5.41, 5.74) is 0. The lowest BCUT2D eigenvalue weighted by Crippen LogP contribution is -2.36. The van der Waals surface area contributed by atoms with Crippen molar-refractivity contribution in [1.82, 2.24) is 9.80 Å². The van der Waals surface area contributed by atoms with Gasteiger partial charge in [0.15, 0.2) is 0 Å². The van der Waals surface area contributed by atoms with Crippen LogP contribution in [0, 0.1) is 5.92 Å². The summed E-state index contributed by atoms with van der Waals surface area (Å²) in [6.45, 7) is 8.97. The molecule has 1 atom stereocenters. The number of carbonyl (C=O) groups is 2. The van der Waals surface area contributed by atoms with Crippen LogP contribution in [0.2, 0.25) is 0 Å². The van der Waals surface area contributed by atoms with Crippen molar-refractivity contribution in [3.05, 3.63) is 0 Å². The van der Waals surface area contributed by atoms with Crippen LogP contribution in [0.25, 0.3) is 0 Å². The van der Waals surface area contributed by atoms with Gasteiger partial charge in [0.1, 0.15) is 0 Å². The van der Waals surface area contributed by atoms with Crippen LogP contribution in [0.3, 0.4) is 0 Å². The minimum atomic E-state index is -0.828. The first-order valence-electron chi connectivity index (χ1n) is 7.28. The molecule has 5 nitrogen and oxygen atoms in total. The summed E-state index contributed by atoms with van der Waals surface area (Å²) < 4.78 is 0. The predicted octanol–water partition coefficient (Wildman–Crippen LogP) is 1.43. The number of carbonyl (C=O) groups excluding carboxylic acids is 1. The molecule has 0 bridgehead atoms. The summed E-state index contributed by atoms with van der Waals surface area (Å²) >= 11 is 0. The summed E-state index contributed by atoms with van der Waals surface area (Å²) in [4.78, 5) is 26.7. The first kappa shape index (κ1) is 16.0. The van der Waals surface area contributed by atoms with Crippen molar-refractivity contribution in [2.24, 2.45) is 5.92 Å². The molecule has 0 saturated carbocycles. The third-order valence-corrected chi connectivity index (χ3v) is 3.81. The number of rotatable bonds is 8. The van der Waals surface area contributed by atoms with Crippen molar-refractivity contribution in [3.63, 3.8) is 0 Å². The molecular weight excluding hydrogens is 244 g/mol. The number of hydrogen-bond acceptors (Lipinski definition) is 3. The fourth-order valence-electron chi connectivity index (χ4n) is 2.62. The summed E-state index contributed by atoms with van der Waals surface area (Å²) in [5.74, 6) is -0.160. The molecule has 0 spiro atoms. The van der Waals surface area contributed by atoms with Gasteiger partial charge in [-0.3, -0.25) is 9.59 Å². The van der Waals surface area contributed by atoms with E-state index >= 15 is 0 Å². The van der Waals surface area contributed by atoms with E-state index in [4.69, 9.17) is 5.11 Å². The molecule has 1 aliphatic rings. The molecule has 1 unspecified atom stereocenters. The lowest BCUT2D eigenvalue weighted by molar-refractivity contribution is -0.137. The highest BCUT2D eigenvalue weighted by Gasteiger charge is 2.24. The largest absolute Gasteiger partial charge is 0.481 e. The maximum absolute atomic E-state index is 12.0. The van der Waals surface area contributed by atoms with E-state index in [9.17, 15) is 9.59 Å². The molecule has 1 amide bonds. The predicted molar refractivity (Wildman–Crippen MR) is 74.0 cm³/mol. The Bertz CT molecular complexity index is 307. The minimum Gasteiger partial charge on any atom is -0.481 e. The quantitative estimate of drug-likeness (QED) is 0.725. The van der Waals surface area contributed by atoms with E-state index in [1.54, 1.807) is 0 Å². The average Bonchev–Trinajstić information content (AvgIpc) is 2.83. The molecule has 1 rings (SSSR count). The van der Waals surface area contributed by atoms with E-state index < -0.39 is 5.97 Å². The van der Waals surface area contributed by atoms with Crippen molar-refractivity contribution >= 4 is 11.9 Å². The Morgan fingerprint density at radius 2 is 2.05 bits per heavy atom. The van der Waals surface area contributed by atoms with Crippen LogP contribution in [-0.2, 0) is 9.59 Å². The number of nitrogens with zero attached hydrogens (tertiary/aromatic N) is 2. The van der Waals surface area contributed by atoms with E-state index in [1.807, 2.05) is 11.8 Å². The molecule has 0 radical (unpaired) electrons. The second kappa shape index (κ2) is 8.15. The number of hydrogen-bond donors (Lipinski definition) is 1. The number of aliphatic carboxylic acids is 1. The lowest BCUT2D eigenvalue weighted by atomic mass is 10.1. The van der Waals surface area contributed by atoms with Gasteiger partial charge < -0.3 is 14.9 Å². The van der Waals surface area contributed by atoms with Crippen molar-refractivity contribution in [2.75, 3.05) is 32.7 Å². The van der Waals surface area contributed by atoms with Gasteiger partial charge in [-0.15, -0.1) is 0 Å². The highest BCUT2D eigenvalue weighted by Crippen LogP contribution is 2.17. The van der Waals surface area contributed by atoms with Crippen LogP contribution >= 0.6 is 0 Å². The molecule has 0 aromatic carbocycles. The smallest absolute Gasteiger partial charge is 0.303 e. The highest BCUT2D eigenvalue weighted by atomic mass is 16.4. The molecule has 110 valence electrons. The topological polar surface area (TPSA) is 60.9 Å². The third-order valence-electron chi connectivity index (χ3n) is 3.81. The SMILES string of the molecule is CCN1CCC(CN(CC)C(=O)CCCC(=O)O)C1. The second-order valence-corrected chi connectivity index (χ2v) is 5.23. The molecule has 1 saturated heterocycles. The van der Waals surface area contributed by atoms with Crippen LogP contribution in [0.5, 0.6) is 0 Å². The van der Waals surface area contributed by atoms with E-state index in [1.165, 1.54) is 0 Å². The van der Waals surface area contributed by atoms with Gasteiger partial charge in [0.2, 0.25) is 5.91 Å². The van der Waals surface area contributed by atoms with Gasteiger partial charge in [-0.2, -0.15) is 0 Å². The Labute approximate surface area is 115 Å². The van der Waals surface area contributed by atoms with Gasteiger partial charge >= 0.3 is 5.97 Å². The Hall–Kier alpha value is -1.10. The molecule has 1 fully saturated rings. The Morgan fingerprint density at radius 3 is 2.58 bits per heavy atom. The van der Waals surface area contributed by atoms with Gasteiger partial charge in [-0.05, 0) is 38.8 Å². The maximum Gasteiger partial charge on any atom is 0.303 e. The fourth-order valence-corrected chi connectivity index (χ4v) is 2.62. The molecule has 0 aromatic rings. The summed E-state index contributed by atoms with van der Waals surface area (Å²) in [7, 11) is 0. The molecule has 1 N–H and O–H groups in total. The molecule has 1 aliphatic heterocycles. The zero-order chi connectivity index (χ0) is 14.3. The van der Waals surface area contributed by atoms with Gasteiger partial charge in [-0.25, -0.2) is 0 Å². The fraction of sp³-hybridized carbons (Fsp3) is 0.857. The summed E-state index contributed by atoms with van der Waals surface area (Å²) in [6.07, 6.45) is 2.03. The van der Waals surface area contributed by atoms with E-state index in [0.717, 1.165) is 32.6 Å². The summed E-state index contributed by atoms with van der Waals surface area (Å²) in [5, 5.41) is 8.58. The normalized spacial score (nSPS) is 19.6. The minimum absolute atomic E-state index is 0.0797. The monoisotopic (exact) mass is 270 g/mol. The van der Waals surface area contributed by atoms with Crippen molar-refractivity contribution < 1.29 is 14.7 Å². The molecule has 19 heavy (non-hydrogen) atoms. The molecule has 0 aromatic heterocycles. The van der Waals surface area contributed by atoms with Crippen molar-refractivity contribution in [1.29, 1.82) is 0 Å². The van der Waals surface area contributed by atoms with Gasteiger partial charge in [-0.1, -0.05) is 6.92 Å². The number of likely N-dealkylation sites (tertiary alicyclic amines) is 1. The molecular formula is C14H26N2O3. The summed E-state index contributed by atoms with van der Waals surface area (Å²) in [6, 6.07) is 0. The van der Waals surface area contributed by atoms with E-state index in [0.29, 0.717) is 25.3 Å². The Kier molecular flexibility index (Phi) is 6.84.